The van der Waals surface area contributed by atoms with E-state index in [0.29, 0.717) is 15.7 Å². The molecule has 2 rings (SSSR count). The van der Waals surface area contributed by atoms with Crippen LogP contribution < -0.4 is 10.7 Å². The highest BCUT2D eigenvalue weighted by atomic mass is 35.5. The Bertz CT molecular complexity index is 499. The largest absolute Gasteiger partial charge is 0.385 e. The maximum Gasteiger partial charge on any atom is 0.255 e. The molecule has 0 aromatic heterocycles. The van der Waals surface area contributed by atoms with Gasteiger partial charge in [-0.05, 0) is 24.6 Å². The number of benzene rings is 1. The molecule has 16 heavy (non-hydrogen) atoms. The van der Waals surface area contributed by atoms with Crippen molar-refractivity contribution in [1.29, 1.82) is 0 Å². The number of amidine groups is 1. The molecular weight excluding hydrogens is 249 g/mol. The van der Waals surface area contributed by atoms with Crippen LogP contribution in [0.1, 0.15) is 12.0 Å². The lowest BCUT2D eigenvalue weighted by Gasteiger charge is -2.15. The zero-order chi connectivity index (χ0) is 11.9. The number of rotatable bonds is 1. The molecule has 1 aliphatic heterocycles. The van der Waals surface area contributed by atoms with E-state index >= 15 is 0 Å². The second kappa shape index (κ2) is 3.96. The molecule has 1 aliphatic rings. The molecule has 0 radical (unpaired) electrons. The average Bonchev–Trinajstić information content (AvgIpc) is 2.51. The predicted molar refractivity (Wildman–Crippen MR) is 64.9 cm³/mol. The first-order valence-corrected chi connectivity index (χ1v) is 5.36. The number of nitrogens with zero attached hydrogens (tertiary/aromatic N) is 2. The van der Waals surface area contributed by atoms with Gasteiger partial charge in [0.2, 0.25) is 0 Å². The standard InChI is InChI=1S/C10H9Cl2N3O/c1-5-2-6(11)3-7(10(5)12)15-9(16)4-8(13)14-15/h2-3H,4H2,1H3,(H2,13,14). The zero-order valence-corrected chi connectivity index (χ0v) is 10.0. The lowest BCUT2D eigenvalue weighted by molar-refractivity contribution is -0.116. The fourth-order valence-corrected chi connectivity index (χ4v) is 1.96. The van der Waals surface area contributed by atoms with Crippen LogP contribution >= 0.6 is 23.2 Å². The van der Waals surface area contributed by atoms with Crippen LogP contribution in [0.5, 0.6) is 0 Å². The summed E-state index contributed by atoms with van der Waals surface area (Å²) in [5.41, 5.74) is 6.75. The van der Waals surface area contributed by atoms with Gasteiger partial charge < -0.3 is 5.73 Å². The van der Waals surface area contributed by atoms with Crippen LogP contribution in [-0.4, -0.2) is 11.7 Å². The number of hydrogen-bond acceptors (Lipinski definition) is 3. The maximum atomic E-state index is 11.6. The second-order valence-electron chi connectivity index (χ2n) is 3.53. The van der Waals surface area contributed by atoms with Crippen molar-refractivity contribution in [2.75, 3.05) is 5.01 Å². The molecule has 0 saturated carbocycles. The number of hydrazone groups is 1. The molecule has 0 atom stereocenters. The van der Waals surface area contributed by atoms with Crippen LogP contribution in [0.15, 0.2) is 17.2 Å². The van der Waals surface area contributed by atoms with Gasteiger partial charge in [-0.25, -0.2) is 0 Å². The van der Waals surface area contributed by atoms with Gasteiger partial charge in [0.05, 0.1) is 17.1 Å². The van der Waals surface area contributed by atoms with Crippen LogP contribution in [-0.2, 0) is 4.79 Å². The van der Waals surface area contributed by atoms with Gasteiger partial charge in [-0.15, -0.1) is 0 Å². The number of anilines is 1. The summed E-state index contributed by atoms with van der Waals surface area (Å²) < 4.78 is 0. The second-order valence-corrected chi connectivity index (χ2v) is 4.34. The molecule has 0 spiro atoms. The fourth-order valence-electron chi connectivity index (χ4n) is 1.50. The van der Waals surface area contributed by atoms with Crippen LogP contribution in [0.4, 0.5) is 5.69 Å². The molecular formula is C10H9Cl2N3O. The lowest BCUT2D eigenvalue weighted by atomic mass is 10.2. The Balaban J connectivity index is 2.52. The van der Waals surface area contributed by atoms with Crippen molar-refractivity contribution in [2.24, 2.45) is 10.8 Å². The highest BCUT2D eigenvalue weighted by Crippen LogP contribution is 2.34. The van der Waals surface area contributed by atoms with Crippen molar-refractivity contribution in [3.63, 3.8) is 0 Å². The van der Waals surface area contributed by atoms with E-state index in [1.165, 1.54) is 5.01 Å². The summed E-state index contributed by atoms with van der Waals surface area (Å²) >= 11 is 12.0. The Morgan fingerprint density at radius 1 is 1.44 bits per heavy atom. The SMILES string of the molecule is Cc1cc(Cl)cc(N2N=C(N)CC2=O)c1Cl. The van der Waals surface area contributed by atoms with E-state index in [4.69, 9.17) is 28.9 Å². The number of nitrogens with two attached hydrogens (primary N) is 1. The van der Waals surface area contributed by atoms with Gasteiger partial charge in [-0.1, -0.05) is 23.2 Å². The first-order valence-electron chi connectivity index (χ1n) is 4.60. The summed E-state index contributed by atoms with van der Waals surface area (Å²) in [6.45, 7) is 1.81. The highest BCUT2D eigenvalue weighted by Gasteiger charge is 2.26. The molecule has 0 unspecified atom stereocenters. The third kappa shape index (κ3) is 1.86. The summed E-state index contributed by atoms with van der Waals surface area (Å²) in [4.78, 5) is 11.6. The van der Waals surface area contributed by atoms with Crippen molar-refractivity contribution in [3.05, 3.63) is 27.7 Å². The number of amides is 1. The highest BCUT2D eigenvalue weighted by molar-refractivity contribution is 6.36. The number of carbonyl (C=O) groups is 1. The van der Waals surface area contributed by atoms with Crippen molar-refractivity contribution in [3.8, 4) is 0 Å². The van der Waals surface area contributed by atoms with Crippen LogP contribution in [0.2, 0.25) is 10.0 Å². The van der Waals surface area contributed by atoms with Crippen LogP contribution in [0, 0.1) is 6.92 Å². The van der Waals surface area contributed by atoms with Crippen molar-refractivity contribution >= 4 is 40.6 Å². The van der Waals surface area contributed by atoms with E-state index in [9.17, 15) is 4.79 Å². The molecule has 6 heteroatoms. The monoisotopic (exact) mass is 257 g/mol. The van der Waals surface area contributed by atoms with E-state index in [0.717, 1.165) is 5.56 Å². The first kappa shape index (κ1) is 11.2. The summed E-state index contributed by atoms with van der Waals surface area (Å²) in [5.74, 6) is 0.0692. The Hall–Kier alpha value is -1.26. The molecule has 0 aliphatic carbocycles. The maximum absolute atomic E-state index is 11.6. The van der Waals surface area contributed by atoms with E-state index in [1.807, 2.05) is 6.92 Å². The average molecular weight is 258 g/mol. The van der Waals surface area contributed by atoms with E-state index in [-0.39, 0.29) is 18.2 Å². The quantitative estimate of drug-likeness (QED) is 0.840. The Morgan fingerprint density at radius 3 is 2.69 bits per heavy atom. The summed E-state index contributed by atoms with van der Waals surface area (Å²) in [7, 11) is 0. The van der Waals surface area contributed by atoms with E-state index < -0.39 is 0 Å². The summed E-state index contributed by atoms with van der Waals surface area (Å²) in [5, 5.41) is 6.07. The number of aryl methyl sites for hydroxylation is 1. The zero-order valence-electron chi connectivity index (χ0n) is 8.50. The van der Waals surface area contributed by atoms with Gasteiger partial charge in [-0.3, -0.25) is 4.79 Å². The van der Waals surface area contributed by atoms with Crippen molar-refractivity contribution < 1.29 is 4.79 Å². The third-order valence-corrected chi connectivity index (χ3v) is 2.94. The van der Waals surface area contributed by atoms with Gasteiger partial charge in [0.25, 0.3) is 5.91 Å². The Kier molecular flexibility index (Phi) is 2.78. The number of halogens is 2. The molecule has 2 N–H and O–H groups in total. The molecule has 1 aromatic rings. The normalized spacial score (nSPS) is 15.6. The molecule has 0 saturated heterocycles. The van der Waals surface area contributed by atoms with Gasteiger partial charge in [0, 0.05) is 5.02 Å². The van der Waals surface area contributed by atoms with E-state index in [2.05, 4.69) is 5.10 Å². The molecule has 0 bridgehead atoms. The van der Waals surface area contributed by atoms with Gasteiger partial charge in [0.1, 0.15) is 5.84 Å². The third-order valence-electron chi connectivity index (χ3n) is 2.23. The van der Waals surface area contributed by atoms with Crippen molar-refractivity contribution in [2.45, 2.75) is 13.3 Å². The minimum absolute atomic E-state index is 0.113. The lowest BCUT2D eigenvalue weighted by Crippen LogP contribution is -2.20. The fraction of sp³-hybridized carbons (Fsp3) is 0.200. The predicted octanol–water partition coefficient (Wildman–Crippen LogP) is 2.31. The Labute approximate surface area is 103 Å². The first-order chi connectivity index (χ1) is 7.49. The van der Waals surface area contributed by atoms with Gasteiger partial charge in [-0.2, -0.15) is 10.1 Å². The van der Waals surface area contributed by atoms with Crippen molar-refractivity contribution in [1.82, 2.24) is 0 Å². The molecule has 1 aromatic carbocycles. The number of carbonyl (C=O) groups excluding carboxylic acids is 1. The molecule has 1 amide bonds. The molecule has 0 fully saturated rings. The van der Waals surface area contributed by atoms with E-state index in [1.54, 1.807) is 12.1 Å². The minimum atomic E-state index is -0.207. The number of hydrogen-bond donors (Lipinski definition) is 1. The smallest absolute Gasteiger partial charge is 0.255 e. The Morgan fingerprint density at radius 2 is 2.12 bits per heavy atom. The van der Waals surface area contributed by atoms with Gasteiger partial charge in [0.15, 0.2) is 0 Å². The summed E-state index contributed by atoms with van der Waals surface area (Å²) in [6.07, 6.45) is 0.113. The topological polar surface area (TPSA) is 58.7 Å². The summed E-state index contributed by atoms with van der Waals surface area (Å²) in [6, 6.07) is 3.32. The minimum Gasteiger partial charge on any atom is -0.385 e. The van der Waals surface area contributed by atoms with Gasteiger partial charge >= 0.3 is 0 Å². The van der Waals surface area contributed by atoms with Crippen LogP contribution in [0.3, 0.4) is 0 Å². The van der Waals surface area contributed by atoms with Crippen LogP contribution in [0.25, 0.3) is 0 Å². The molecule has 4 nitrogen and oxygen atoms in total. The molecule has 1 heterocycles. The molecule has 84 valence electrons.